The number of phenolic OH excluding ortho intramolecular Hbond substituents is 1. The van der Waals surface area contributed by atoms with Crippen molar-refractivity contribution in [2.24, 2.45) is 0 Å². The standard InChI is InChI=1S/C11H17NO3/c1-7-8(2)11(14-3)10(13)5-9(7)6-12-15-4/h5,12-13H,6H2,1-4H3. The summed E-state index contributed by atoms with van der Waals surface area (Å²) in [6.45, 7) is 4.47. The average Bonchev–Trinajstić information content (AvgIpc) is 2.22. The zero-order chi connectivity index (χ0) is 11.4. The van der Waals surface area contributed by atoms with Gasteiger partial charge in [0.05, 0.1) is 14.2 Å². The quantitative estimate of drug-likeness (QED) is 0.744. The average molecular weight is 211 g/mol. The van der Waals surface area contributed by atoms with Gasteiger partial charge >= 0.3 is 0 Å². The summed E-state index contributed by atoms with van der Waals surface area (Å²) in [5, 5.41) is 9.70. The highest BCUT2D eigenvalue weighted by Crippen LogP contribution is 2.33. The van der Waals surface area contributed by atoms with Gasteiger partial charge < -0.3 is 14.7 Å². The molecule has 0 spiro atoms. The van der Waals surface area contributed by atoms with E-state index in [1.54, 1.807) is 20.3 Å². The second-order valence-corrected chi connectivity index (χ2v) is 3.36. The number of rotatable bonds is 4. The lowest BCUT2D eigenvalue weighted by molar-refractivity contribution is 0.0865. The minimum absolute atomic E-state index is 0.161. The Morgan fingerprint density at radius 2 is 1.93 bits per heavy atom. The Kier molecular flexibility index (Phi) is 3.94. The first kappa shape index (κ1) is 11.8. The first-order chi connectivity index (χ1) is 7.11. The Labute approximate surface area is 89.8 Å². The van der Waals surface area contributed by atoms with E-state index in [0.29, 0.717) is 12.3 Å². The highest BCUT2D eigenvalue weighted by atomic mass is 16.6. The number of ether oxygens (including phenoxy) is 1. The molecular weight excluding hydrogens is 194 g/mol. The van der Waals surface area contributed by atoms with Crippen molar-refractivity contribution in [2.75, 3.05) is 14.2 Å². The van der Waals surface area contributed by atoms with Crippen LogP contribution in [-0.4, -0.2) is 19.3 Å². The number of hydroxylamine groups is 1. The molecule has 0 amide bonds. The van der Waals surface area contributed by atoms with Crippen LogP contribution in [0, 0.1) is 13.8 Å². The van der Waals surface area contributed by atoms with E-state index in [1.807, 2.05) is 13.8 Å². The Hall–Kier alpha value is -1.26. The van der Waals surface area contributed by atoms with Crippen molar-refractivity contribution in [3.05, 3.63) is 22.8 Å². The SMILES string of the molecule is CONCc1cc(O)c(OC)c(C)c1C. The molecule has 0 aromatic heterocycles. The summed E-state index contributed by atoms with van der Waals surface area (Å²) < 4.78 is 5.11. The molecule has 0 aliphatic rings. The van der Waals surface area contributed by atoms with Crippen LogP contribution in [-0.2, 0) is 11.4 Å². The van der Waals surface area contributed by atoms with Crippen molar-refractivity contribution in [3.8, 4) is 11.5 Å². The molecule has 0 saturated carbocycles. The molecular formula is C11H17NO3. The van der Waals surface area contributed by atoms with Crippen molar-refractivity contribution in [2.45, 2.75) is 20.4 Å². The summed E-state index contributed by atoms with van der Waals surface area (Å²) in [5.41, 5.74) is 5.78. The van der Waals surface area contributed by atoms with E-state index in [0.717, 1.165) is 16.7 Å². The third-order valence-electron chi connectivity index (χ3n) is 2.54. The fourth-order valence-electron chi connectivity index (χ4n) is 1.53. The highest BCUT2D eigenvalue weighted by Gasteiger charge is 2.11. The molecule has 4 nitrogen and oxygen atoms in total. The molecule has 0 aliphatic carbocycles. The molecule has 1 rings (SSSR count). The van der Waals surface area contributed by atoms with Gasteiger partial charge in [0.15, 0.2) is 11.5 Å². The fourth-order valence-corrected chi connectivity index (χ4v) is 1.53. The first-order valence-electron chi connectivity index (χ1n) is 4.73. The minimum atomic E-state index is 0.161. The topological polar surface area (TPSA) is 50.7 Å². The van der Waals surface area contributed by atoms with Crippen LogP contribution in [0.4, 0.5) is 0 Å². The van der Waals surface area contributed by atoms with Crippen LogP contribution in [0.15, 0.2) is 6.07 Å². The van der Waals surface area contributed by atoms with Gasteiger partial charge in [-0.2, -0.15) is 5.48 Å². The van der Waals surface area contributed by atoms with Gasteiger partial charge in [-0.1, -0.05) is 0 Å². The molecule has 15 heavy (non-hydrogen) atoms. The van der Waals surface area contributed by atoms with Crippen LogP contribution < -0.4 is 10.2 Å². The lowest BCUT2D eigenvalue weighted by Gasteiger charge is -2.14. The number of aromatic hydroxyl groups is 1. The molecule has 0 unspecified atom stereocenters. The number of hydrogen-bond donors (Lipinski definition) is 2. The lowest BCUT2D eigenvalue weighted by atomic mass is 10.0. The van der Waals surface area contributed by atoms with Crippen molar-refractivity contribution in [1.82, 2.24) is 5.48 Å². The van der Waals surface area contributed by atoms with Gasteiger partial charge in [-0.15, -0.1) is 0 Å². The number of nitrogens with one attached hydrogen (secondary N) is 1. The van der Waals surface area contributed by atoms with E-state index in [9.17, 15) is 5.11 Å². The van der Waals surface area contributed by atoms with Crippen LogP contribution in [0.25, 0.3) is 0 Å². The maximum Gasteiger partial charge on any atom is 0.163 e. The summed E-state index contributed by atoms with van der Waals surface area (Å²) in [4.78, 5) is 4.77. The second-order valence-electron chi connectivity index (χ2n) is 3.36. The van der Waals surface area contributed by atoms with E-state index < -0.39 is 0 Å². The fraction of sp³-hybridized carbons (Fsp3) is 0.455. The van der Waals surface area contributed by atoms with Gasteiger partial charge in [-0.3, -0.25) is 0 Å². The predicted octanol–water partition coefficient (Wildman–Crippen LogP) is 1.67. The summed E-state index contributed by atoms with van der Waals surface area (Å²) in [6, 6.07) is 1.69. The van der Waals surface area contributed by atoms with E-state index in [2.05, 4.69) is 5.48 Å². The van der Waals surface area contributed by atoms with Crippen LogP contribution in [0.2, 0.25) is 0 Å². The maximum atomic E-state index is 9.70. The van der Waals surface area contributed by atoms with Gasteiger partial charge in [-0.25, -0.2) is 0 Å². The van der Waals surface area contributed by atoms with Gasteiger partial charge in [0.1, 0.15) is 0 Å². The summed E-state index contributed by atoms with van der Waals surface area (Å²) >= 11 is 0. The second kappa shape index (κ2) is 5.00. The molecule has 1 aromatic rings. The Morgan fingerprint density at radius 3 is 2.47 bits per heavy atom. The van der Waals surface area contributed by atoms with Crippen molar-refractivity contribution >= 4 is 0 Å². The van der Waals surface area contributed by atoms with Crippen molar-refractivity contribution < 1.29 is 14.7 Å². The Bertz CT molecular complexity index is 350. The largest absolute Gasteiger partial charge is 0.504 e. The number of methoxy groups -OCH3 is 1. The number of hydrogen-bond acceptors (Lipinski definition) is 4. The highest BCUT2D eigenvalue weighted by molar-refractivity contribution is 5.52. The van der Waals surface area contributed by atoms with Crippen LogP contribution in [0.5, 0.6) is 11.5 Å². The molecule has 0 atom stereocenters. The van der Waals surface area contributed by atoms with E-state index in [-0.39, 0.29) is 5.75 Å². The summed E-state index contributed by atoms with van der Waals surface area (Å²) in [6.07, 6.45) is 0. The third kappa shape index (κ3) is 2.40. The number of benzene rings is 1. The smallest absolute Gasteiger partial charge is 0.163 e. The van der Waals surface area contributed by atoms with Crippen molar-refractivity contribution in [1.29, 1.82) is 0 Å². The molecule has 84 valence electrons. The van der Waals surface area contributed by atoms with E-state index in [1.165, 1.54) is 0 Å². The van der Waals surface area contributed by atoms with Gasteiger partial charge in [0, 0.05) is 6.54 Å². The molecule has 2 N–H and O–H groups in total. The molecule has 0 fully saturated rings. The van der Waals surface area contributed by atoms with E-state index in [4.69, 9.17) is 9.57 Å². The predicted molar refractivity (Wildman–Crippen MR) is 58.0 cm³/mol. The first-order valence-corrected chi connectivity index (χ1v) is 4.73. The molecule has 0 saturated heterocycles. The zero-order valence-corrected chi connectivity index (χ0v) is 9.55. The normalized spacial score (nSPS) is 10.4. The minimum Gasteiger partial charge on any atom is -0.504 e. The van der Waals surface area contributed by atoms with Gasteiger partial charge in [0.25, 0.3) is 0 Å². The third-order valence-corrected chi connectivity index (χ3v) is 2.54. The summed E-state index contributed by atoms with van der Waals surface area (Å²) in [7, 11) is 3.11. The molecule has 0 aliphatic heterocycles. The summed E-state index contributed by atoms with van der Waals surface area (Å²) in [5.74, 6) is 0.696. The molecule has 0 bridgehead atoms. The Morgan fingerprint density at radius 1 is 1.27 bits per heavy atom. The molecule has 0 radical (unpaired) electrons. The Balaban J connectivity index is 3.10. The van der Waals surface area contributed by atoms with Crippen LogP contribution >= 0.6 is 0 Å². The monoisotopic (exact) mass is 211 g/mol. The number of phenols is 1. The van der Waals surface area contributed by atoms with Crippen LogP contribution in [0.3, 0.4) is 0 Å². The lowest BCUT2D eigenvalue weighted by Crippen LogP contribution is -2.12. The molecule has 1 aromatic carbocycles. The zero-order valence-electron chi connectivity index (χ0n) is 9.55. The van der Waals surface area contributed by atoms with Crippen LogP contribution in [0.1, 0.15) is 16.7 Å². The molecule has 4 heteroatoms. The molecule has 0 heterocycles. The van der Waals surface area contributed by atoms with E-state index >= 15 is 0 Å². The van der Waals surface area contributed by atoms with Gasteiger partial charge in [-0.05, 0) is 36.6 Å². The van der Waals surface area contributed by atoms with Crippen molar-refractivity contribution in [3.63, 3.8) is 0 Å². The maximum absolute atomic E-state index is 9.70. The van der Waals surface area contributed by atoms with Gasteiger partial charge in [0.2, 0.25) is 0 Å².